The summed E-state index contributed by atoms with van der Waals surface area (Å²) in [4.78, 5) is 14.9. The Morgan fingerprint density at radius 3 is 2.32 bits per heavy atom. The maximum atomic E-state index is 12.9. The van der Waals surface area contributed by atoms with E-state index in [9.17, 15) is 18.0 Å². The van der Waals surface area contributed by atoms with Crippen LogP contribution >= 0.6 is 11.8 Å². The first-order chi connectivity index (χ1) is 10.1. The van der Waals surface area contributed by atoms with Gasteiger partial charge >= 0.3 is 6.18 Å². The first-order valence-corrected chi connectivity index (χ1v) is 9.16. The van der Waals surface area contributed by atoms with E-state index in [0.29, 0.717) is 18.3 Å². The SMILES string of the molecule is CC(C)C1(C(C)C)CSC2CCC(CCC(F)(F)F)C(=O)N21. The quantitative estimate of drug-likeness (QED) is 0.742. The lowest BCUT2D eigenvalue weighted by Crippen LogP contribution is -2.61. The third-order valence-electron chi connectivity index (χ3n) is 5.37. The Hall–Kier alpha value is -0.390. The second-order valence-electron chi connectivity index (χ2n) is 7.20. The molecule has 0 aromatic carbocycles. The normalized spacial score (nSPS) is 28.6. The molecule has 2 aliphatic rings. The van der Waals surface area contributed by atoms with Gasteiger partial charge in [0.05, 0.1) is 10.9 Å². The standard InChI is InChI=1S/C16H26F3NOS/c1-10(2)15(11(3)4)9-22-13-6-5-12(14(21)20(13)15)7-8-16(17,18)19/h10-13H,5-9H2,1-4H3. The van der Waals surface area contributed by atoms with Gasteiger partial charge in [0.2, 0.25) is 5.91 Å². The van der Waals surface area contributed by atoms with Crippen LogP contribution in [-0.2, 0) is 4.79 Å². The van der Waals surface area contributed by atoms with Gasteiger partial charge in [-0.3, -0.25) is 4.79 Å². The molecule has 22 heavy (non-hydrogen) atoms. The van der Waals surface area contributed by atoms with Crippen molar-refractivity contribution < 1.29 is 18.0 Å². The lowest BCUT2D eigenvalue weighted by Gasteiger charge is -2.49. The molecular weight excluding hydrogens is 311 g/mol. The van der Waals surface area contributed by atoms with Crippen LogP contribution in [0.1, 0.15) is 53.4 Å². The first-order valence-electron chi connectivity index (χ1n) is 8.11. The molecule has 0 saturated carbocycles. The molecule has 0 bridgehead atoms. The highest BCUT2D eigenvalue weighted by atomic mass is 32.2. The van der Waals surface area contributed by atoms with E-state index in [1.54, 1.807) is 11.8 Å². The van der Waals surface area contributed by atoms with Crippen LogP contribution in [0.15, 0.2) is 0 Å². The van der Waals surface area contributed by atoms with Gasteiger partial charge in [-0.05, 0) is 31.1 Å². The highest BCUT2D eigenvalue weighted by Crippen LogP contribution is 2.50. The number of thioether (sulfide) groups is 1. The monoisotopic (exact) mass is 337 g/mol. The second kappa shape index (κ2) is 6.25. The van der Waals surface area contributed by atoms with Crippen LogP contribution < -0.4 is 0 Å². The van der Waals surface area contributed by atoms with Gasteiger partial charge in [-0.25, -0.2) is 0 Å². The van der Waals surface area contributed by atoms with Crippen LogP contribution in [0.3, 0.4) is 0 Å². The van der Waals surface area contributed by atoms with Crippen LogP contribution in [0.5, 0.6) is 0 Å². The van der Waals surface area contributed by atoms with E-state index >= 15 is 0 Å². The summed E-state index contributed by atoms with van der Waals surface area (Å²) in [5.74, 6) is 0.983. The summed E-state index contributed by atoms with van der Waals surface area (Å²) < 4.78 is 37.5. The van der Waals surface area contributed by atoms with E-state index in [0.717, 1.165) is 12.2 Å². The zero-order valence-corrected chi connectivity index (χ0v) is 14.6. The molecule has 0 N–H and O–H groups in total. The van der Waals surface area contributed by atoms with Crippen molar-refractivity contribution in [3.8, 4) is 0 Å². The summed E-state index contributed by atoms with van der Waals surface area (Å²) in [5, 5.41) is 0.152. The zero-order valence-electron chi connectivity index (χ0n) is 13.7. The van der Waals surface area contributed by atoms with Crippen LogP contribution in [0.25, 0.3) is 0 Å². The number of carbonyl (C=O) groups is 1. The van der Waals surface area contributed by atoms with Gasteiger partial charge in [-0.15, -0.1) is 11.8 Å². The molecule has 2 rings (SSSR count). The number of piperidine rings is 1. The molecule has 0 aromatic rings. The van der Waals surface area contributed by atoms with Gasteiger partial charge in [0.25, 0.3) is 0 Å². The summed E-state index contributed by atoms with van der Waals surface area (Å²) in [6.45, 7) is 8.48. The molecule has 0 aliphatic carbocycles. The fourth-order valence-electron chi connectivity index (χ4n) is 4.03. The van der Waals surface area contributed by atoms with E-state index in [1.165, 1.54) is 0 Å². The molecule has 128 valence electrons. The molecule has 2 unspecified atom stereocenters. The topological polar surface area (TPSA) is 20.3 Å². The largest absolute Gasteiger partial charge is 0.389 e. The molecule has 2 aliphatic heterocycles. The molecule has 2 saturated heterocycles. The van der Waals surface area contributed by atoms with Crippen molar-refractivity contribution in [2.24, 2.45) is 17.8 Å². The maximum absolute atomic E-state index is 12.9. The van der Waals surface area contributed by atoms with Crippen LogP contribution in [0, 0.1) is 17.8 Å². The summed E-state index contributed by atoms with van der Waals surface area (Å²) in [5.41, 5.74) is -0.219. The number of hydrogen-bond acceptors (Lipinski definition) is 2. The van der Waals surface area contributed by atoms with E-state index in [1.807, 2.05) is 4.90 Å². The van der Waals surface area contributed by atoms with E-state index in [-0.39, 0.29) is 23.2 Å². The lowest BCUT2D eigenvalue weighted by molar-refractivity contribution is -0.155. The first kappa shape index (κ1) is 18.0. The van der Waals surface area contributed by atoms with Gasteiger partial charge in [0.15, 0.2) is 0 Å². The van der Waals surface area contributed by atoms with Gasteiger partial charge in [-0.1, -0.05) is 27.7 Å². The van der Waals surface area contributed by atoms with Crippen molar-refractivity contribution in [2.45, 2.75) is 70.5 Å². The maximum Gasteiger partial charge on any atom is 0.389 e. The minimum absolute atomic E-state index is 0.0482. The number of rotatable bonds is 4. The van der Waals surface area contributed by atoms with E-state index in [4.69, 9.17) is 0 Å². The minimum Gasteiger partial charge on any atom is -0.323 e. The smallest absolute Gasteiger partial charge is 0.323 e. The third kappa shape index (κ3) is 3.13. The summed E-state index contributed by atoms with van der Waals surface area (Å²) in [6.07, 6.45) is -3.69. The van der Waals surface area contributed by atoms with Crippen LogP contribution in [0.2, 0.25) is 0 Å². The Labute approximate surface area is 135 Å². The molecule has 0 spiro atoms. The predicted octanol–water partition coefficient (Wildman–Crippen LogP) is 4.69. The average Bonchev–Trinajstić information content (AvgIpc) is 2.78. The number of amides is 1. The minimum atomic E-state index is -4.18. The van der Waals surface area contributed by atoms with Crippen LogP contribution in [-0.4, -0.2) is 33.6 Å². The molecule has 2 fully saturated rings. The predicted molar refractivity (Wildman–Crippen MR) is 83.5 cm³/mol. The van der Waals surface area contributed by atoms with Crippen molar-refractivity contribution in [3.63, 3.8) is 0 Å². The number of nitrogens with zero attached hydrogens (tertiary/aromatic N) is 1. The van der Waals surface area contributed by atoms with E-state index < -0.39 is 18.5 Å². The number of carbonyl (C=O) groups excluding carboxylic acids is 1. The molecule has 0 aromatic heterocycles. The van der Waals surface area contributed by atoms with Gasteiger partial charge < -0.3 is 4.90 Å². The summed E-state index contributed by atoms with van der Waals surface area (Å²) in [6, 6.07) is 0. The van der Waals surface area contributed by atoms with Crippen LogP contribution in [0.4, 0.5) is 13.2 Å². The van der Waals surface area contributed by atoms with Gasteiger partial charge in [0, 0.05) is 18.1 Å². The molecule has 2 atom stereocenters. The Bertz CT molecular complexity index is 414. The fraction of sp³-hybridized carbons (Fsp3) is 0.938. The van der Waals surface area contributed by atoms with Crippen molar-refractivity contribution in [1.29, 1.82) is 0 Å². The molecule has 6 heteroatoms. The van der Waals surface area contributed by atoms with Gasteiger partial charge in [-0.2, -0.15) is 13.2 Å². The Balaban J connectivity index is 2.20. The van der Waals surface area contributed by atoms with Crippen molar-refractivity contribution in [1.82, 2.24) is 4.90 Å². The number of alkyl halides is 3. The fourth-order valence-corrected chi connectivity index (χ4v) is 6.04. The van der Waals surface area contributed by atoms with Crippen molar-refractivity contribution in [3.05, 3.63) is 0 Å². The molecule has 1 amide bonds. The molecular formula is C16H26F3NOS. The van der Waals surface area contributed by atoms with Gasteiger partial charge in [0.1, 0.15) is 0 Å². The highest BCUT2D eigenvalue weighted by Gasteiger charge is 2.55. The molecule has 0 radical (unpaired) electrons. The number of fused-ring (bicyclic) bond motifs is 1. The number of halogens is 3. The Kier molecular flexibility index (Phi) is 5.10. The molecule has 2 heterocycles. The van der Waals surface area contributed by atoms with E-state index in [2.05, 4.69) is 27.7 Å². The summed E-state index contributed by atoms with van der Waals surface area (Å²) >= 11 is 1.80. The third-order valence-corrected chi connectivity index (χ3v) is 6.83. The molecule has 2 nitrogen and oxygen atoms in total. The van der Waals surface area contributed by atoms with Crippen molar-refractivity contribution in [2.75, 3.05) is 5.75 Å². The number of hydrogen-bond donors (Lipinski definition) is 0. The summed E-state index contributed by atoms with van der Waals surface area (Å²) in [7, 11) is 0. The Morgan fingerprint density at radius 1 is 1.23 bits per heavy atom. The second-order valence-corrected chi connectivity index (χ2v) is 8.37. The van der Waals surface area contributed by atoms with Crippen molar-refractivity contribution >= 4 is 17.7 Å². The zero-order chi connectivity index (χ0) is 16.7. The lowest BCUT2D eigenvalue weighted by atomic mass is 9.75. The highest BCUT2D eigenvalue weighted by molar-refractivity contribution is 8.00. The Morgan fingerprint density at radius 2 is 1.82 bits per heavy atom. The average molecular weight is 337 g/mol.